The first-order valence-electron chi connectivity index (χ1n) is 6.57. The van der Waals surface area contributed by atoms with Crippen molar-refractivity contribution >= 4 is 38.0 Å². The van der Waals surface area contributed by atoms with E-state index in [1.807, 2.05) is 6.07 Å². The lowest BCUT2D eigenvalue weighted by molar-refractivity contribution is 0.484. The van der Waals surface area contributed by atoms with Crippen molar-refractivity contribution in [3.8, 4) is 0 Å². The van der Waals surface area contributed by atoms with Crippen molar-refractivity contribution in [1.82, 2.24) is 0 Å². The Morgan fingerprint density at radius 2 is 1.55 bits per heavy atom. The zero-order chi connectivity index (χ0) is 15.7. The predicted octanol–water partition coefficient (Wildman–Crippen LogP) is 3.41. The lowest BCUT2D eigenvalue weighted by Crippen LogP contribution is -2.01. The molecule has 5 nitrogen and oxygen atoms in total. The number of hydrogen-bond acceptors (Lipinski definition) is 4. The minimum atomic E-state index is -4.31. The Kier molecular flexibility index (Phi) is 3.48. The van der Waals surface area contributed by atoms with E-state index in [2.05, 4.69) is 5.32 Å². The van der Waals surface area contributed by atoms with Gasteiger partial charge in [0.15, 0.2) is 0 Å². The Balaban J connectivity index is 2.19. The van der Waals surface area contributed by atoms with Gasteiger partial charge in [-0.1, -0.05) is 24.3 Å². The number of hydrogen-bond donors (Lipinski definition) is 3. The molecule has 4 N–H and O–H groups in total. The van der Waals surface area contributed by atoms with E-state index in [1.165, 1.54) is 6.07 Å². The van der Waals surface area contributed by atoms with E-state index in [0.717, 1.165) is 11.1 Å². The molecule has 3 aromatic rings. The minimum absolute atomic E-state index is 0.122. The molecule has 22 heavy (non-hydrogen) atoms. The summed E-state index contributed by atoms with van der Waals surface area (Å²) in [5.41, 5.74) is 7.66. The molecule has 0 atom stereocenters. The van der Waals surface area contributed by atoms with Crippen molar-refractivity contribution in [3.05, 3.63) is 60.7 Å². The predicted molar refractivity (Wildman–Crippen MR) is 87.9 cm³/mol. The molecule has 0 unspecified atom stereocenters. The second kappa shape index (κ2) is 5.32. The zero-order valence-electron chi connectivity index (χ0n) is 11.5. The minimum Gasteiger partial charge on any atom is -0.399 e. The third-order valence-electron chi connectivity index (χ3n) is 3.33. The van der Waals surface area contributed by atoms with Crippen molar-refractivity contribution in [1.29, 1.82) is 0 Å². The van der Waals surface area contributed by atoms with Gasteiger partial charge in [0.05, 0.1) is 0 Å². The van der Waals surface area contributed by atoms with E-state index in [1.54, 1.807) is 48.5 Å². The number of rotatable bonds is 3. The fraction of sp³-hybridized carbons (Fsp3) is 0. The molecule has 0 spiro atoms. The van der Waals surface area contributed by atoms with Gasteiger partial charge < -0.3 is 11.1 Å². The van der Waals surface area contributed by atoms with Gasteiger partial charge in [0.2, 0.25) is 0 Å². The van der Waals surface area contributed by atoms with Gasteiger partial charge in [-0.15, -0.1) is 0 Å². The van der Waals surface area contributed by atoms with Crippen LogP contribution in [0.25, 0.3) is 10.8 Å². The second-order valence-electron chi connectivity index (χ2n) is 4.88. The van der Waals surface area contributed by atoms with Crippen LogP contribution in [-0.2, 0) is 10.1 Å². The number of nitrogens with one attached hydrogen (secondary N) is 1. The Morgan fingerprint density at radius 3 is 2.18 bits per heavy atom. The molecule has 0 aliphatic carbocycles. The molecule has 0 aliphatic rings. The monoisotopic (exact) mass is 314 g/mol. The van der Waals surface area contributed by atoms with Crippen LogP contribution in [-0.4, -0.2) is 13.0 Å². The molecule has 0 amide bonds. The molecule has 112 valence electrons. The number of fused-ring (bicyclic) bond motifs is 1. The number of nitrogens with two attached hydrogens (primary N) is 1. The Hall–Kier alpha value is -2.57. The van der Waals surface area contributed by atoms with Gasteiger partial charge in [0, 0.05) is 22.4 Å². The van der Waals surface area contributed by atoms with E-state index in [4.69, 9.17) is 5.73 Å². The van der Waals surface area contributed by atoms with Crippen LogP contribution in [0.1, 0.15) is 0 Å². The highest BCUT2D eigenvalue weighted by Crippen LogP contribution is 2.32. The molecule has 0 fully saturated rings. The normalized spacial score (nSPS) is 11.5. The summed E-state index contributed by atoms with van der Waals surface area (Å²) in [7, 11) is -4.31. The Labute approximate surface area is 128 Å². The molecule has 0 aliphatic heterocycles. The summed E-state index contributed by atoms with van der Waals surface area (Å²) in [6.45, 7) is 0. The van der Waals surface area contributed by atoms with Gasteiger partial charge in [-0.3, -0.25) is 4.55 Å². The lowest BCUT2D eigenvalue weighted by Gasteiger charge is -2.12. The van der Waals surface area contributed by atoms with Crippen LogP contribution in [0.2, 0.25) is 0 Å². The van der Waals surface area contributed by atoms with Crippen LogP contribution in [0.3, 0.4) is 0 Å². The molecular formula is C16H14N2O3S. The molecule has 6 heteroatoms. The average molecular weight is 314 g/mol. The highest BCUT2D eigenvalue weighted by atomic mass is 32.2. The second-order valence-corrected chi connectivity index (χ2v) is 6.27. The number of anilines is 3. The molecule has 0 radical (unpaired) electrons. The molecule has 3 aromatic carbocycles. The number of benzene rings is 3. The Bertz CT molecular complexity index is 930. The van der Waals surface area contributed by atoms with Crippen LogP contribution >= 0.6 is 0 Å². The van der Waals surface area contributed by atoms with Gasteiger partial charge >= 0.3 is 0 Å². The fourth-order valence-electron chi connectivity index (χ4n) is 2.35. The van der Waals surface area contributed by atoms with E-state index < -0.39 is 10.1 Å². The van der Waals surface area contributed by atoms with Crippen LogP contribution < -0.4 is 11.1 Å². The largest absolute Gasteiger partial charge is 0.399 e. The summed E-state index contributed by atoms with van der Waals surface area (Å²) >= 11 is 0. The van der Waals surface area contributed by atoms with Gasteiger partial charge in [0.25, 0.3) is 10.1 Å². The SMILES string of the molecule is Nc1ccc(Nc2cccc3cccc(S(=O)(=O)O)c23)cc1. The molecule has 0 saturated carbocycles. The maximum atomic E-state index is 11.6. The van der Waals surface area contributed by atoms with Crippen LogP contribution in [0.15, 0.2) is 65.6 Å². The summed E-state index contributed by atoms with van der Waals surface area (Å²) in [5.74, 6) is 0. The van der Waals surface area contributed by atoms with Crippen molar-refractivity contribution in [2.45, 2.75) is 4.90 Å². The third-order valence-corrected chi connectivity index (χ3v) is 4.23. The smallest absolute Gasteiger partial charge is 0.295 e. The van der Waals surface area contributed by atoms with Gasteiger partial charge in [-0.2, -0.15) is 8.42 Å². The van der Waals surface area contributed by atoms with Crippen LogP contribution in [0.4, 0.5) is 17.1 Å². The lowest BCUT2D eigenvalue weighted by atomic mass is 10.1. The van der Waals surface area contributed by atoms with Crippen molar-refractivity contribution in [2.75, 3.05) is 11.1 Å². The highest BCUT2D eigenvalue weighted by molar-refractivity contribution is 7.86. The first-order chi connectivity index (χ1) is 10.4. The molecule has 0 aromatic heterocycles. The fourth-order valence-corrected chi connectivity index (χ4v) is 3.08. The summed E-state index contributed by atoms with van der Waals surface area (Å²) in [5, 5.41) is 4.32. The van der Waals surface area contributed by atoms with E-state index in [0.29, 0.717) is 16.8 Å². The summed E-state index contributed by atoms with van der Waals surface area (Å²) in [6, 6.07) is 17.2. The highest BCUT2D eigenvalue weighted by Gasteiger charge is 2.16. The van der Waals surface area contributed by atoms with Gasteiger partial charge in [-0.25, -0.2) is 0 Å². The molecule has 0 saturated heterocycles. The summed E-state index contributed by atoms with van der Waals surface area (Å²) in [4.78, 5) is -0.122. The number of nitrogen functional groups attached to an aromatic ring is 1. The van der Waals surface area contributed by atoms with Crippen molar-refractivity contribution in [3.63, 3.8) is 0 Å². The molecular weight excluding hydrogens is 300 g/mol. The summed E-state index contributed by atoms with van der Waals surface area (Å²) < 4.78 is 32.7. The average Bonchev–Trinajstić information content (AvgIpc) is 2.48. The maximum absolute atomic E-state index is 11.6. The zero-order valence-corrected chi connectivity index (χ0v) is 12.3. The quantitative estimate of drug-likeness (QED) is 0.509. The first kappa shape index (κ1) is 14.4. The first-order valence-corrected chi connectivity index (χ1v) is 8.01. The topological polar surface area (TPSA) is 92.4 Å². The van der Waals surface area contributed by atoms with E-state index >= 15 is 0 Å². The van der Waals surface area contributed by atoms with Gasteiger partial charge in [-0.05, 0) is 41.8 Å². The van der Waals surface area contributed by atoms with E-state index in [9.17, 15) is 13.0 Å². The summed E-state index contributed by atoms with van der Waals surface area (Å²) in [6.07, 6.45) is 0. The maximum Gasteiger partial charge on any atom is 0.295 e. The third kappa shape index (κ3) is 2.74. The van der Waals surface area contributed by atoms with Gasteiger partial charge in [0.1, 0.15) is 4.90 Å². The van der Waals surface area contributed by atoms with Crippen molar-refractivity contribution < 1.29 is 13.0 Å². The molecule has 0 bridgehead atoms. The van der Waals surface area contributed by atoms with Crippen molar-refractivity contribution in [2.24, 2.45) is 0 Å². The van der Waals surface area contributed by atoms with Crippen LogP contribution in [0, 0.1) is 0 Å². The standard InChI is InChI=1S/C16H14N2O3S/c17-12-7-9-13(10-8-12)18-14-5-1-3-11-4-2-6-15(16(11)14)22(19,20)21/h1-10,18H,17H2,(H,19,20,21). The van der Waals surface area contributed by atoms with Crippen LogP contribution in [0.5, 0.6) is 0 Å². The molecule has 3 rings (SSSR count). The molecule has 0 heterocycles. The van der Waals surface area contributed by atoms with E-state index in [-0.39, 0.29) is 4.90 Å². The Morgan fingerprint density at radius 1 is 0.909 bits per heavy atom.